The van der Waals surface area contributed by atoms with Crippen LogP contribution in [0.1, 0.15) is 42.9 Å². The molecule has 1 heterocycles. The zero-order valence-electron chi connectivity index (χ0n) is 23.2. The van der Waals surface area contributed by atoms with Crippen LogP contribution in [0, 0.1) is 11.6 Å². The van der Waals surface area contributed by atoms with Gasteiger partial charge in [0, 0.05) is 31.2 Å². The van der Waals surface area contributed by atoms with Crippen molar-refractivity contribution in [1.82, 2.24) is 0 Å². The van der Waals surface area contributed by atoms with Crippen LogP contribution in [0.5, 0.6) is 23.0 Å². The summed E-state index contributed by atoms with van der Waals surface area (Å²) in [5.74, 6) is -1.95. The van der Waals surface area contributed by atoms with Gasteiger partial charge in [-0.1, -0.05) is 31.9 Å². The molecule has 0 saturated carbocycles. The third-order valence-corrected chi connectivity index (χ3v) is 7.63. The molecule has 1 aliphatic heterocycles. The fourth-order valence-electron chi connectivity index (χ4n) is 3.93. The second-order valence-corrected chi connectivity index (χ2v) is 10.9. The second kappa shape index (κ2) is 15.9. The molecule has 0 unspecified atom stereocenters. The fraction of sp³-hybridized carbons (Fsp3) is 0.156. The predicted molar refractivity (Wildman–Crippen MR) is 164 cm³/mol. The van der Waals surface area contributed by atoms with Gasteiger partial charge in [-0.05, 0) is 72.8 Å². The average molecular weight is 750 g/mol. The number of aliphatic hydroxyl groups is 2. The number of hydrogen-bond acceptors (Lipinski definition) is 9. The van der Waals surface area contributed by atoms with Crippen LogP contribution in [0.3, 0.4) is 0 Å². The highest BCUT2D eigenvalue weighted by molar-refractivity contribution is 9.10. The number of ether oxygens (including phenoxy) is 4. The molecule has 2 N–H and O–H groups in total. The largest absolute Gasteiger partial charge is 0.454 e. The normalized spacial score (nSPS) is 12.7. The predicted octanol–water partition coefficient (Wildman–Crippen LogP) is 6.97. The van der Waals surface area contributed by atoms with E-state index >= 15 is 0 Å². The Morgan fingerprint density at radius 3 is 1.71 bits per heavy atom. The van der Waals surface area contributed by atoms with E-state index < -0.39 is 42.7 Å². The summed E-state index contributed by atoms with van der Waals surface area (Å²) in [6.45, 7) is -0.333. The Balaban J connectivity index is 0.000000207. The summed E-state index contributed by atoms with van der Waals surface area (Å²) < 4.78 is 51.2. The monoisotopic (exact) mass is 748 g/mol. The van der Waals surface area contributed by atoms with Crippen LogP contribution < -0.4 is 9.47 Å². The van der Waals surface area contributed by atoms with E-state index in [1.165, 1.54) is 30.3 Å². The Bertz CT molecular complexity index is 1710. The van der Waals surface area contributed by atoms with E-state index in [-0.39, 0.29) is 22.6 Å². The number of hydrogen-bond donors (Lipinski definition) is 2. The average Bonchev–Trinajstić information content (AvgIpc) is 3.59. The minimum absolute atomic E-state index is 0.0222. The van der Waals surface area contributed by atoms with Crippen molar-refractivity contribution in [3.8, 4) is 23.0 Å². The molecule has 0 bridgehead atoms. The smallest absolute Gasteiger partial charge is 0.188 e. The summed E-state index contributed by atoms with van der Waals surface area (Å²) in [7, 11) is 0. The van der Waals surface area contributed by atoms with E-state index in [2.05, 4.69) is 31.9 Å². The number of benzene rings is 4. The summed E-state index contributed by atoms with van der Waals surface area (Å²) >= 11 is 6.62. The Hall–Kier alpha value is -3.85. The molecule has 234 valence electrons. The van der Waals surface area contributed by atoms with Crippen molar-refractivity contribution in [2.45, 2.75) is 6.29 Å². The van der Waals surface area contributed by atoms with Gasteiger partial charge in [0.15, 0.2) is 47.3 Å². The van der Waals surface area contributed by atoms with Gasteiger partial charge in [0.25, 0.3) is 0 Å². The first-order chi connectivity index (χ1) is 21.6. The minimum Gasteiger partial charge on any atom is -0.454 e. The van der Waals surface area contributed by atoms with Gasteiger partial charge >= 0.3 is 0 Å². The standard InChI is InChI=1S/C17H14BrFO5.C15H10BrFO4/c18-13-3-2-11(8-12(13)17-22-5-6-23-17)24-16-4-1-10(7-14(16)19)15(21)9-20;16-12-3-2-11(5-10(12)7-18)21-15-4-1-9(6-13(15)17)14(20)8-19/h1-4,7-8,17,20H,5-6,9H2;1-7,19H,8H2. The SMILES string of the molecule is O=C(CO)c1ccc(Oc2ccc(Br)c(C3OCCO3)c2)c(F)c1.O=Cc1cc(Oc2ccc(C(=O)CO)cc2F)ccc1Br. The number of carbonyl (C=O) groups excluding carboxylic acids is 3. The van der Waals surface area contributed by atoms with Crippen molar-refractivity contribution in [2.24, 2.45) is 0 Å². The van der Waals surface area contributed by atoms with Crippen LogP contribution in [0.15, 0.2) is 81.7 Å². The van der Waals surface area contributed by atoms with Gasteiger partial charge in [0.05, 0.1) is 13.2 Å². The number of halogens is 4. The van der Waals surface area contributed by atoms with Crippen molar-refractivity contribution in [1.29, 1.82) is 0 Å². The first-order valence-corrected chi connectivity index (χ1v) is 14.7. The molecule has 4 aromatic carbocycles. The maximum Gasteiger partial charge on any atom is 0.188 e. The van der Waals surface area contributed by atoms with E-state index in [4.69, 9.17) is 29.2 Å². The number of carbonyl (C=O) groups is 3. The third-order valence-electron chi connectivity index (χ3n) is 6.19. The highest BCUT2D eigenvalue weighted by Gasteiger charge is 2.22. The lowest BCUT2D eigenvalue weighted by Crippen LogP contribution is -2.05. The molecule has 0 amide bonds. The van der Waals surface area contributed by atoms with Gasteiger partial charge in [-0.2, -0.15) is 0 Å². The van der Waals surface area contributed by atoms with Crippen LogP contribution in [0.25, 0.3) is 0 Å². The quantitative estimate of drug-likeness (QED) is 0.131. The first kappa shape index (κ1) is 34.0. The molecule has 0 spiro atoms. The summed E-state index contributed by atoms with van der Waals surface area (Å²) in [4.78, 5) is 33.5. The molecule has 0 aliphatic carbocycles. The van der Waals surface area contributed by atoms with Crippen LogP contribution in [-0.2, 0) is 9.47 Å². The lowest BCUT2D eigenvalue weighted by molar-refractivity contribution is -0.0447. The van der Waals surface area contributed by atoms with E-state index in [9.17, 15) is 23.2 Å². The van der Waals surface area contributed by atoms with Crippen molar-refractivity contribution < 1.29 is 52.3 Å². The van der Waals surface area contributed by atoms with Crippen molar-refractivity contribution in [2.75, 3.05) is 26.4 Å². The fourth-order valence-corrected chi connectivity index (χ4v) is 4.70. The highest BCUT2D eigenvalue weighted by atomic mass is 79.9. The molecule has 45 heavy (non-hydrogen) atoms. The highest BCUT2D eigenvalue weighted by Crippen LogP contribution is 2.35. The molecule has 13 heteroatoms. The zero-order chi connectivity index (χ0) is 32.5. The molecule has 0 aromatic heterocycles. The summed E-state index contributed by atoms with van der Waals surface area (Å²) in [5.41, 5.74) is 1.27. The molecule has 9 nitrogen and oxygen atoms in total. The van der Waals surface area contributed by atoms with Gasteiger partial charge in [-0.25, -0.2) is 8.78 Å². The zero-order valence-corrected chi connectivity index (χ0v) is 26.3. The van der Waals surface area contributed by atoms with Crippen LogP contribution in [-0.4, -0.2) is 54.5 Å². The van der Waals surface area contributed by atoms with E-state index in [0.717, 1.165) is 22.2 Å². The molecular formula is C32H24Br2F2O9. The van der Waals surface area contributed by atoms with Gasteiger partial charge < -0.3 is 29.2 Å². The van der Waals surface area contributed by atoms with Gasteiger partial charge in [0.1, 0.15) is 24.7 Å². The summed E-state index contributed by atoms with van der Waals surface area (Å²) in [6.07, 6.45) is 0.161. The number of Topliss-reactive ketones (excluding diaryl/α,β-unsaturated/α-hetero) is 2. The second-order valence-electron chi connectivity index (χ2n) is 9.22. The van der Waals surface area contributed by atoms with Crippen LogP contribution in [0.2, 0.25) is 0 Å². The molecule has 5 rings (SSSR count). The molecule has 1 fully saturated rings. The van der Waals surface area contributed by atoms with E-state index in [1.54, 1.807) is 30.3 Å². The Morgan fingerprint density at radius 2 is 1.24 bits per heavy atom. The lowest BCUT2D eigenvalue weighted by Gasteiger charge is -2.14. The number of aldehydes is 1. The van der Waals surface area contributed by atoms with Gasteiger partial charge in [-0.3, -0.25) is 14.4 Å². The number of rotatable bonds is 10. The van der Waals surface area contributed by atoms with Crippen LogP contribution in [0.4, 0.5) is 8.78 Å². The lowest BCUT2D eigenvalue weighted by atomic mass is 10.1. The Kier molecular flexibility index (Phi) is 12.0. The van der Waals surface area contributed by atoms with Gasteiger partial charge in [-0.15, -0.1) is 0 Å². The van der Waals surface area contributed by atoms with Crippen molar-refractivity contribution in [3.63, 3.8) is 0 Å². The van der Waals surface area contributed by atoms with Gasteiger partial charge in [0.2, 0.25) is 0 Å². The maximum atomic E-state index is 14.1. The molecular weight excluding hydrogens is 726 g/mol. The summed E-state index contributed by atoms with van der Waals surface area (Å²) in [6, 6.07) is 17.2. The van der Waals surface area contributed by atoms with Crippen molar-refractivity contribution in [3.05, 3.63) is 116 Å². The maximum absolute atomic E-state index is 14.1. The minimum atomic E-state index is -0.732. The molecule has 4 aromatic rings. The Morgan fingerprint density at radius 1 is 0.756 bits per heavy atom. The van der Waals surface area contributed by atoms with E-state index in [0.29, 0.717) is 41.0 Å². The molecule has 0 atom stereocenters. The molecule has 1 aliphatic rings. The molecule has 1 saturated heterocycles. The first-order valence-electron chi connectivity index (χ1n) is 13.1. The molecule has 0 radical (unpaired) electrons. The topological polar surface area (TPSA) is 129 Å². The summed E-state index contributed by atoms with van der Waals surface area (Å²) in [5, 5.41) is 17.5. The van der Waals surface area contributed by atoms with Crippen molar-refractivity contribution >= 4 is 49.7 Å². The number of ketones is 2. The van der Waals surface area contributed by atoms with Crippen LogP contribution >= 0.6 is 31.9 Å². The third kappa shape index (κ3) is 8.87. The van der Waals surface area contributed by atoms with E-state index in [1.807, 2.05) is 0 Å². The number of aliphatic hydroxyl groups excluding tert-OH is 2. The Labute approximate surface area is 272 Å².